The first-order valence-electron chi connectivity index (χ1n) is 24.1. The predicted octanol–water partition coefficient (Wildman–Crippen LogP) is 14.2. The van der Waals surface area contributed by atoms with Gasteiger partial charge in [0.25, 0.3) is 0 Å². The molecule has 0 heterocycles. The van der Waals surface area contributed by atoms with Crippen molar-refractivity contribution >= 4 is 11.9 Å². The van der Waals surface area contributed by atoms with E-state index >= 15 is 0 Å². The number of rotatable bonds is 41. The van der Waals surface area contributed by atoms with E-state index < -0.39 is 18.2 Å². The zero-order chi connectivity index (χ0) is 43.1. The standard InChI is InChI=1S/C53H89NO5/c1-4-7-10-13-16-19-22-25-28-30-33-36-39-42-45-51(56)50(48-55)54-52(57)47-49(44-41-38-35-32-29-26-23-20-17-14-11-8-5-2)59-53(58)46-43-40-37-34-31-27-24-21-18-15-12-9-6-3/h8-9,11-12,14-15,17-18,20-21,23-24,27,31,34,37,49-51,55-56H,4-7,10,13,16,19,22,25-26,28-30,32-33,35-36,38-48H2,1-3H3,(H,54,57)/b11-8+,12-9+,17-14+,18-15+,23-20+,24-21-,31-27-,37-34+. The minimum Gasteiger partial charge on any atom is -0.462 e. The van der Waals surface area contributed by atoms with Gasteiger partial charge in [0.05, 0.1) is 25.2 Å². The van der Waals surface area contributed by atoms with Gasteiger partial charge in [0, 0.05) is 6.42 Å². The van der Waals surface area contributed by atoms with E-state index in [9.17, 15) is 19.8 Å². The number of amides is 1. The number of carbonyl (C=O) groups is 2. The van der Waals surface area contributed by atoms with E-state index in [2.05, 4.69) is 68.6 Å². The lowest BCUT2D eigenvalue weighted by atomic mass is 10.0. The largest absolute Gasteiger partial charge is 0.462 e. The number of carbonyl (C=O) groups excluding carboxylic acids is 2. The van der Waals surface area contributed by atoms with Crippen LogP contribution in [0, 0.1) is 0 Å². The third-order valence-electron chi connectivity index (χ3n) is 10.3. The zero-order valence-corrected chi connectivity index (χ0v) is 38.1. The summed E-state index contributed by atoms with van der Waals surface area (Å²) in [5, 5.41) is 23.7. The Kier molecular flexibility index (Phi) is 43.4. The number of hydrogen-bond donors (Lipinski definition) is 3. The molecule has 0 radical (unpaired) electrons. The van der Waals surface area contributed by atoms with Gasteiger partial charge in [0.2, 0.25) is 5.91 Å². The molecule has 59 heavy (non-hydrogen) atoms. The average molecular weight is 820 g/mol. The van der Waals surface area contributed by atoms with Gasteiger partial charge >= 0.3 is 5.97 Å². The summed E-state index contributed by atoms with van der Waals surface area (Å²) in [6.45, 7) is 6.17. The molecule has 3 unspecified atom stereocenters. The number of ether oxygens (including phenoxy) is 1. The summed E-state index contributed by atoms with van der Waals surface area (Å²) in [6.07, 6.45) is 60.4. The summed E-state index contributed by atoms with van der Waals surface area (Å²) in [7, 11) is 0. The number of aliphatic hydroxyl groups is 2. The van der Waals surface area contributed by atoms with Gasteiger partial charge in [-0.25, -0.2) is 0 Å². The summed E-state index contributed by atoms with van der Waals surface area (Å²) in [5.74, 6) is -0.592. The number of esters is 1. The van der Waals surface area contributed by atoms with Crippen LogP contribution in [0.15, 0.2) is 97.2 Å². The predicted molar refractivity (Wildman–Crippen MR) is 254 cm³/mol. The Morgan fingerprint density at radius 1 is 0.508 bits per heavy atom. The van der Waals surface area contributed by atoms with Gasteiger partial charge in [-0.2, -0.15) is 0 Å². The topological polar surface area (TPSA) is 95.9 Å². The molecule has 1 amide bonds. The molecule has 0 aromatic carbocycles. The Hall–Kier alpha value is -3.22. The molecule has 3 atom stereocenters. The van der Waals surface area contributed by atoms with Gasteiger partial charge in [-0.15, -0.1) is 0 Å². The molecular formula is C53H89NO5. The maximum absolute atomic E-state index is 13.2. The fourth-order valence-electron chi connectivity index (χ4n) is 6.75. The van der Waals surface area contributed by atoms with Crippen molar-refractivity contribution in [2.45, 2.75) is 219 Å². The first kappa shape index (κ1) is 55.8. The number of nitrogens with one attached hydrogen (secondary N) is 1. The van der Waals surface area contributed by atoms with E-state index in [-0.39, 0.29) is 31.3 Å². The molecule has 336 valence electrons. The van der Waals surface area contributed by atoms with Crippen molar-refractivity contribution < 1.29 is 24.5 Å². The molecule has 0 aromatic heterocycles. The molecule has 6 nitrogen and oxygen atoms in total. The fraction of sp³-hybridized carbons (Fsp3) is 0.660. The maximum Gasteiger partial charge on any atom is 0.306 e. The SMILES string of the molecule is CC/C=C/C=C/C=C\C=C/C=C/CCCC(=O)OC(CCCCCCC/C=C/C=C/C=C/CC)CC(=O)NC(CO)C(O)CCCCCCCCCCCCCCCC. The number of aliphatic hydroxyl groups excluding tert-OH is 2. The Labute approximate surface area is 363 Å². The highest BCUT2D eigenvalue weighted by atomic mass is 16.5. The Morgan fingerprint density at radius 2 is 0.915 bits per heavy atom. The summed E-state index contributed by atoms with van der Waals surface area (Å²) in [5.41, 5.74) is 0. The minimum atomic E-state index is -0.810. The molecule has 0 spiro atoms. The second-order valence-electron chi connectivity index (χ2n) is 15.9. The molecule has 0 saturated heterocycles. The van der Waals surface area contributed by atoms with Gasteiger partial charge in [-0.05, 0) is 57.8 Å². The molecular weight excluding hydrogens is 731 g/mol. The summed E-state index contributed by atoms with van der Waals surface area (Å²) >= 11 is 0. The first-order valence-corrected chi connectivity index (χ1v) is 24.1. The molecule has 0 saturated carbocycles. The maximum atomic E-state index is 13.2. The molecule has 3 N–H and O–H groups in total. The van der Waals surface area contributed by atoms with Crippen LogP contribution in [0.5, 0.6) is 0 Å². The van der Waals surface area contributed by atoms with Crippen molar-refractivity contribution in [3.8, 4) is 0 Å². The second-order valence-corrected chi connectivity index (χ2v) is 15.9. The van der Waals surface area contributed by atoms with E-state index in [1.54, 1.807) is 0 Å². The quantitative estimate of drug-likeness (QED) is 0.0324. The lowest BCUT2D eigenvalue weighted by molar-refractivity contribution is -0.151. The number of allylic oxidation sites excluding steroid dienone is 16. The van der Waals surface area contributed by atoms with Crippen LogP contribution in [-0.2, 0) is 14.3 Å². The molecule has 0 aliphatic heterocycles. The molecule has 0 aromatic rings. The normalized spacial score (nSPS) is 14.2. The molecule has 0 fully saturated rings. The zero-order valence-electron chi connectivity index (χ0n) is 38.1. The third kappa shape index (κ3) is 41.3. The van der Waals surface area contributed by atoms with Crippen LogP contribution in [0.4, 0.5) is 0 Å². The molecule has 0 aliphatic carbocycles. The van der Waals surface area contributed by atoms with Gasteiger partial charge in [0.1, 0.15) is 6.10 Å². The highest BCUT2D eigenvalue weighted by Crippen LogP contribution is 2.17. The van der Waals surface area contributed by atoms with Crippen LogP contribution in [-0.4, -0.2) is 46.9 Å². The lowest BCUT2D eigenvalue weighted by Gasteiger charge is -2.24. The summed E-state index contributed by atoms with van der Waals surface area (Å²) in [4.78, 5) is 26.0. The van der Waals surface area contributed by atoms with Crippen LogP contribution in [0.3, 0.4) is 0 Å². The van der Waals surface area contributed by atoms with E-state index in [4.69, 9.17) is 4.74 Å². The van der Waals surface area contributed by atoms with Gasteiger partial charge < -0.3 is 20.3 Å². The fourth-order valence-corrected chi connectivity index (χ4v) is 6.75. The monoisotopic (exact) mass is 820 g/mol. The van der Waals surface area contributed by atoms with Crippen molar-refractivity contribution in [1.29, 1.82) is 0 Å². The van der Waals surface area contributed by atoms with Crippen LogP contribution >= 0.6 is 0 Å². The van der Waals surface area contributed by atoms with E-state index in [0.29, 0.717) is 19.3 Å². The summed E-state index contributed by atoms with van der Waals surface area (Å²) in [6, 6.07) is -0.728. The smallest absolute Gasteiger partial charge is 0.306 e. The minimum absolute atomic E-state index is 0.0296. The van der Waals surface area contributed by atoms with Gasteiger partial charge in [-0.1, -0.05) is 227 Å². The van der Waals surface area contributed by atoms with E-state index in [1.165, 1.54) is 70.6 Å². The summed E-state index contributed by atoms with van der Waals surface area (Å²) < 4.78 is 5.86. The van der Waals surface area contributed by atoms with Gasteiger partial charge in [-0.3, -0.25) is 9.59 Å². The number of hydrogen-bond acceptors (Lipinski definition) is 5. The molecule has 0 rings (SSSR count). The highest BCUT2D eigenvalue weighted by Gasteiger charge is 2.24. The van der Waals surface area contributed by atoms with Crippen LogP contribution in [0.1, 0.15) is 201 Å². The van der Waals surface area contributed by atoms with Crippen molar-refractivity contribution in [3.05, 3.63) is 97.2 Å². The Balaban J connectivity index is 4.72. The second kappa shape index (κ2) is 45.9. The number of unbranched alkanes of at least 4 members (excludes halogenated alkanes) is 19. The van der Waals surface area contributed by atoms with Crippen LogP contribution in [0.2, 0.25) is 0 Å². The Bertz CT molecular complexity index is 1190. The Morgan fingerprint density at radius 3 is 1.39 bits per heavy atom. The van der Waals surface area contributed by atoms with Crippen LogP contribution < -0.4 is 5.32 Å². The van der Waals surface area contributed by atoms with E-state index in [0.717, 1.165) is 77.0 Å². The first-order chi connectivity index (χ1) is 29.0. The van der Waals surface area contributed by atoms with E-state index in [1.807, 2.05) is 54.7 Å². The lowest BCUT2D eigenvalue weighted by Crippen LogP contribution is -2.46. The van der Waals surface area contributed by atoms with Gasteiger partial charge in [0.15, 0.2) is 0 Å². The van der Waals surface area contributed by atoms with Crippen molar-refractivity contribution in [3.63, 3.8) is 0 Å². The molecule has 0 aliphatic rings. The molecule has 6 heteroatoms. The highest BCUT2D eigenvalue weighted by molar-refractivity contribution is 5.77. The van der Waals surface area contributed by atoms with Crippen molar-refractivity contribution in [2.75, 3.05) is 6.61 Å². The molecule has 0 bridgehead atoms. The van der Waals surface area contributed by atoms with Crippen molar-refractivity contribution in [1.82, 2.24) is 5.32 Å². The van der Waals surface area contributed by atoms with Crippen LogP contribution in [0.25, 0.3) is 0 Å². The van der Waals surface area contributed by atoms with Crippen molar-refractivity contribution in [2.24, 2.45) is 0 Å². The third-order valence-corrected chi connectivity index (χ3v) is 10.3. The average Bonchev–Trinajstić information content (AvgIpc) is 3.23.